The Morgan fingerprint density at radius 1 is 1.29 bits per heavy atom. The smallest absolute Gasteiger partial charge is 0.400 e. The number of likely N-dealkylation sites (N-methyl/N-ethyl adjacent to an activating group) is 1. The highest BCUT2D eigenvalue weighted by Crippen LogP contribution is 2.30. The second-order valence-corrected chi connectivity index (χ2v) is 7.35. The average molecular weight is 297 g/mol. The second-order valence-electron chi connectivity index (χ2n) is 7.35. The maximum atomic E-state index is 6.46. The number of rotatable bonds is 10. The van der Waals surface area contributed by atoms with E-state index in [2.05, 4.69) is 37.9 Å². The van der Waals surface area contributed by atoms with Gasteiger partial charge in [-0.05, 0) is 52.7 Å². The van der Waals surface area contributed by atoms with Crippen molar-refractivity contribution in [3.8, 4) is 0 Å². The van der Waals surface area contributed by atoms with Crippen molar-refractivity contribution in [3.05, 3.63) is 0 Å². The Morgan fingerprint density at radius 2 is 1.95 bits per heavy atom. The Labute approximate surface area is 132 Å². The van der Waals surface area contributed by atoms with E-state index in [9.17, 15) is 0 Å². The van der Waals surface area contributed by atoms with Gasteiger partial charge in [-0.2, -0.15) is 0 Å². The van der Waals surface area contributed by atoms with Gasteiger partial charge in [0.15, 0.2) is 0 Å². The van der Waals surface area contributed by atoms with E-state index in [1.54, 1.807) is 0 Å². The molecule has 0 radical (unpaired) electrons. The first-order valence-corrected chi connectivity index (χ1v) is 8.67. The van der Waals surface area contributed by atoms with Crippen molar-refractivity contribution in [1.82, 2.24) is 10.1 Å². The Balaban J connectivity index is 2.45. The first-order chi connectivity index (χ1) is 9.91. The topological polar surface area (TPSA) is 50.5 Å². The van der Waals surface area contributed by atoms with Crippen LogP contribution in [-0.4, -0.2) is 50.6 Å². The van der Waals surface area contributed by atoms with Crippen molar-refractivity contribution in [2.75, 3.05) is 27.2 Å². The van der Waals surface area contributed by atoms with Crippen LogP contribution < -0.4 is 11.1 Å². The van der Waals surface area contributed by atoms with Crippen molar-refractivity contribution < 1.29 is 4.65 Å². The molecule has 1 aliphatic heterocycles. The minimum Gasteiger partial charge on any atom is -0.414 e. The maximum Gasteiger partial charge on any atom is 0.400 e. The lowest BCUT2D eigenvalue weighted by atomic mass is 9.68. The third-order valence-corrected chi connectivity index (χ3v) is 4.52. The summed E-state index contributed by atoms with van der Waals surface area (Å²) in [6.07, 6.45) is 7.21. The largest absolute Gasteiger partial charge is 0.414 e. The van der Waals surface area contributed by atoms with E-state index < -0.39 is 0 Å². The van der Waals surface area contributed by atoms with Crippen LogP contribution in [0.4, 0.5) is 0 Å². The van der Waals surface area contributed by atoms with Crippen LogP contribution in [0.2, 0.25) is 0 Å². The first kappa shape index (κ1) is 19.0. The van der Waals surface area contributed by atoms with E-state index in [0.29, 0.717) is 11.9 Å². The van der Waals surface area contributed by atoms with E-state index in [-0.39, 0.29) is 12.7 Å². The van der Waals surface area contributed by atoms with Gasteiger partial charge in [-0.3, -0.25) is 0 Å². The van der Waals surface area contributed by atoms with Crippen LogP contribution >= 0.6 is 0 Å². The Bertz CT molecular complexity index is 291. The number of hydrogen-bond donors (Lipinski definition) is 2. The van der Waals surface area contributed by atoms with E-state index in [1.807, 2.05) is 7.05 Å². The van der Waals surface area contributed by atoms with Crippen molar-refractivity contribution in [2.24, 2.45) is 11.7 Å². The van der Waals surface area contributed by atoms with Crippen LogP contribution in [0, 0.1) is 5.92 Å². The molecule has 1 aliphatic rings. The first-order valence-electron chi connectivity index (χ1n) is 8.67. The van der Waals surface area contributed by atoms with Gasteiger partial charge >= 0.3 is 7.05 Å². The molecule has 1 heterocycles. The fourth-order valence-corrected chi connectivity index (χ4v) is 3.45. The highest BCUT2D eigenvalue weighted by Gasteiger charge is 2.46. The number of unbranched alkanes of at least 4 members (excludes halogenated alkanes) is 3. The minimum absolute atomic E-state index is 0.00815. The molecule has 0 aromatic rings. The van der Waals surface area contributed by atoms with Gasteiger partial charge in [-0.25, -0.2) is 0 Å². The molecule has 2 atom stereocenters. The Morgan fingerprint density at radius 3 is 2.52 bits per heavy atom. The number of hydrogen-bond acceptors (Lipinski definition) is 4. The van der Waals surface area contributed by atoms with Crippen LogP contribution in [0.15, 0.2) is 0 Å². The molecule has 0 aromatic heterocycles. The van der Waals surface area contributed by atoms with E-state index >= 15 is 0 Å². The summed E-state index contributed by atoms with van der Waals surface area (Å²) in [6.45, 7) is 8.67. The molecule has 124 valence electrons. The summed E-state index contributed by atoms with van der Waals surface area (Å²) < 4.78 is 6.46. The molecule has 4 nitrogen and oxygen atoms in total. The van der Waals surface area contributed by atoms with Crippen LogP contribution in [-0.2, 0) is 4.65 Å². The average Bonchev–Trinajstić information content (AvgIpc) is 2.71. The number of nitrogens with zero attached hydrogens (tertiary/aromatic N) is 1. The van der Waals surface area contributed by atoms with Crippen LogP contribution in [0.1, 0.15) is 59.3 Å². The van der Waals surface area contributed by atoms with E-state index in [4.69, 9.17) is 10.4 Å². The SMILES string of the molecule is CN[C@@H](CC(C)C)B1OC(C)(CCCCCCN)CN1C. The normalized spacial score (nSPS) is 25.0. The molecular formula is C16H36BN3O. The number of nitrogens with one attached hydrogen (secondary N) is 1. The van der Waals surface area contributed by atoms with Gasteiger partial charge in [-0.1, -0.05) is 33.1 Å². The summed E-state index contributed by atoms with van der Waals surface area (Å²) >= 11 is 0. The lowest BCUT2D eigenvalue weighted by molar-refractivity contribution is 0.103. The lowest BCUT2D eigenvalue weighted by Gasteiger charge is -2.27. The maximum absolute atomic E-state index is 6.46. The monoisotopic (exact) mass is 297 g/mol. The van der Waals surface area contributed by atoms with Crippen LogP contribution in [0.5, 0.6) is 0 Å². The fraction of sp³-hybridized carbons (Fsp3) is 1.00. The van der Waals surface area contributed by atoms with Crippen molar-refractivity contribution >= 4 is 7.05 Å². The summed E-state index contributed by atoms with van der Waals surface area (Å²) in [5.41, 5.74) is 5.55. The molecule has 0 aromatic carbocycles. The predicted octanol–water partition coefficient (Wildman–Crippen LogP) is 2.28. The summed E-state index contributed by atoms with van der Waals surface area (Å²) in [6, 6.07) is 0. The van der Waals surface area contributed by atoms with Gasteiger partial charge in [0, 0.05) is 12.5 Å². The van der Waals surface area contributed by atoms with Gasteiger partial charge in [0.25, 0.3) is 0 Å². The molecule has 0 aliphatic carbocycles. The fourth-order valence-electron chi connectivity index (χ4n) is 3.45. The highest BCUT2D eigenvalue weighted by molar-refractivity contribution is 6.51. The molecule has 0 saturated carbocycles. The summed E-state index contributed by atoms with van der Waals surface area (Å²) in [5.74, 6) is 1.09. The van der Waals surface area contributed by atoms with Gasteiger partial charge < -0.3 is 20.5 Å². The quantitative estimate of drug-likeness (QED) is 0.480. The molecule has 0 bridgehead atoms. The van der Waals surface area contributed by atoms with Crippen LogP contribution in [0.25, 0.3) is 0 Å². The third-order valence-electron chi connectivity index (χ3n) is 4.52. The van der Waals surface area contributed by atoms with Gasteiger partial charge in [-0.15, -0.1) is 0 Å². The van der Waals surface area contributed by atoms with Crippen molar-refractivity contribution in [1.29, 1.82) is 0 Å². The Kier molecular flexibility index (Phi) is 8.25. The third kappa shape index (κ3) is 6.27. The molecule has 5 heteroatoms. The zero-order valence-corrected chi connectivity index (χ0v) is 14.8. The predicted molar refractivity (Wildman–Crippen MR) is 92.3 cm³/mol. The highest BCUT2D eigenvalue weighted by atomic mass is 16.5. The zero-order chi connectivity index (χ0) is 15.9. The standard InChI is InChI=1S/C16H36BN3O/c1-14(2)12-15(19-4)17-20(5)13-16(3,21-17)10-8-6-7-9-11-18/h14-15,19H,6-13,18H2,1-5H3/t15-,16?/m0/s1. The molecule has 1 fully saturated rings. The van der Waals surface area contributed by atoms with Gasteiger partial charge in [0.05, 0.1) is 5.60 Å². The molecule has 0 amide bonds. The number of nitrogens with two attached hydrogens (primary N) is 1. The summed E-state index contributed by atoms with van der Waals surface area (Å²) in [7, 11) is 4.44. The molecule has 3 N–H and O–H groups in total. The van der Waals surface area contributed by atoms with Crippen molar-refractivity contribution in [3.63, 3.8) is 0 Å². The van der Waals surface area contributed by atoms with E-state index in [1.165, 1.54) is 19.3 Å². The summed E-state index contributed by atoms with van der Waals surface area (Å²) in [5, 5.41) is 3.45. The van der Waals surface area contributed by atoms with Crippen molar-refractivity contribution in [2.45, 2.75) is 70.8 Å². The Hall–Kier alpha value is -0.0951. The van der Waals surface area contributed by atoms with Gasteiger partial charge in [0.1, 0.15) is 0 Å². The second kappa shape index (κ2) is 9.14. The molecule has 1 unspecified atom stereocenters. The molecule has 1 rings (SSSR count). The van der Waals surface area contributed by atoms with E-state index in [0.717, 1.165) is 32.4 Å². The van der Waals surface area contributed by atoms with Crippen LogP contribution in [0.3, 0.4) is 0 Å². The lowest BCUT2D eigenvalue weighted by Crippen LogP contribution is -2.50. The molecule has 21 heavy (non-hydrogen) atoms. The zero-order valence-electron chi connectivity index (χ0n) is 14.8. The molecule has 1 saturated heterocycles. The molecular weight excluding hydrogens is 261 g/mol. The van der Waals surface area contributed by atoms with Gasteiger partial charge in [0.2, 0.25) is 0 Å². The molecule has 0 spiro atoms. The minimum atomic E-state index is 0.00815. The summed E-state index contributed by atoms with van der Waals surface area (Å²) in [4.78, 5) is 2.38.